The van der Waals surface area contributed by atoms with Gasteiger partial charge in [-0.2, -0.15) is 13.2 Å². The summed E-state index contributed by atoms with van der Waals surface area (Å²) in [5.41, 5.74) is -1.11. The molecule has 0 amide bonds. The van der Waals surface area contributed by atoms with E-state index in [2.05, 4.69) is 0 Å². The smallest absolute Gasteiger partial charge is 0.390 e. The normalized spacial score (nSPS) is 46.1. The molecule has 0 radical (unpaired) electrons. The first-order valence-corrected chi connectivity index (χ1v) is 12.0. The van der Waals surface area contributed by atoms with E-state index in [0.717, 1.165) is 51.4 Å². The van der Waals surface area contributed by atoms with Crippen molar-refractivity contribution in [2.75, 3.05) is 13.2 Å². The topological polar surface area (TPSA) is 46.5 Å². The average Bonchev–Trinajstić information content (AvgIpc) is 3.03. The van der Waals surface area contributed by atoms with Gasteiger partial charge in [-0.15, -0.1) is 0 Å². The van der Waals surface area contributed by atoms with Gasteiger partial charge in [0.25, 0.3) is 0 Å². The van der Waals surface area contributed by atoms with Crippen LogP contribution in [-0.2, 0) is 9.53 Å². The summed E-state index contributed by atoms with van der Waals surface area (Å²) in [7, 11) is 0. The molecule has 172 valence electrons. The van der Waals surface area contributed by atoms with Crippen LogP contribution in [0.15, 0.2) is 0 Å². The standard InChI is InChI=1S/C24H37F3O3/c1-3-30-13-12-23(29)11-9-16-15(14-23)4-5-18-17(16)8-10-22(2)19(18)6-7-20(22)21(28)24(25,26)27/h15-20,29H,3-14H2,1-2H3/t15-,16+,17-,18-,19+,20-,22+,23+/m1/s1. The van der Waals surface area contributed by atoms with E-state index in [4.69, 9.17) is 4.74 Å². The first-order valence-electron chi connectivity index (χ1n) is 12.0. The van der Waals surface area contributed by atoms with Gasteiger partial charge >= 0.3 is 6.18 Å². The van der Waals surface area contributed by atoms with Gasteiger partial charge in [0, 0.05) is 19.1 Å². The Balaban J connectivity index is 1.45. The van der Waals surface area contributed by atoms with Crippen LogP contribution >= 0.6 is 0 Å². The molecular weight excluding hydrogens is 393 g/mol. The number of carbonyl (C=O) groups excluding carboxylic acids is 1. The molecule has 0 aromatic rings. The van der Waals surface area contributed by atoms with Crippen molar-refractivity contribution >= 4 is 5.78 Å². The van der Waals surface area contributed by atoms with Crippen LogP contribution < -0.4 is 0 Å². The van der Waals surface area contributed by atoms with E-state index in [1.165, 1.54) is 0 Å². The summed E-state index contributed by atoms with van der Waals surface area (Å²) >= 11 is 0. The van der Waals surface area contributed by atoms with Gasteiger partial charge in [-0.3, -0.25) is 4.79 Å². The highest BCUT2D eigenvalue weighted by atomic mass is 19.4. The van der Waals surface area contributed by atoms with E-state index in [0.29, 0.717) is 49.7 Å². The number of hydrogen-bond donors (Lipinski definition) is 1. The number of fused-ring (bicyclic) bond motifs is 5. The number of carbonyl (C=O) groups is 1. The van der Waals surface area contributed by atoms with Crippen molar-refractivity contribution in [1.82, 2.24) is 0 Å². The minimum atomic E-state index is -4.72. The van der Waals surface area contributed by atoms with Crippen LogP contribution in [0.2, 0.25) is 0 Å². The predicted octanol–water partition coefficient (Wildman–Crippen LogP) is 5.54. The minimum Gasteiger partial charge on any atom is -0.390 e. The molecule has 4 rings (SSSR count). The number of aliphatic hydroxyl groups is 1. The van der Waals surface area contributed by atoms with Crippen molar-refractivity contribution in [1.29, 1.82) is 0 Å². The van der Waals surface area contributed by atoms with Gasteiger partial charge in [0.1, 0.15) is 0 Å². The SMILES string of the molecule is CCOCC[C@@]1(O)CC[C@H]2[C@H](CC[C@@H]3[C@@H]2CC[C@]2(C)[C@@H](C(=O)C(F)(F)F)CC[C@@H]32)C1. The van der Waals surface area contributed by atoms with Crippen LogP contribution in [0.5, 0.6) is 0 Å². The maximum Gasteiger partial charge on any atom is 0.450 e. The van der Waals surface area contributed by atoms with Crippen LogP contribution in [0.4, 0.5) is 13.2 Å². The van der Waals surface area contributed by atoms with E-state index in [-0.39, 0.29) is 5.92 Å². The zero-order chi connectivity index (χ0) is 21.7. The first kappa shape index (κ1) is 22.6. The Morgan fingerprint density at radius 3 is 2.47 bits per heavy atom. The maximum absolute atomic E-state index is 13.2. The highest BCUT2D eigenvalue weighted by molar-refractivity contribution is 5.87. The maximum atomic E-state index is 13.2. The highest BCUT2D eigenvalue weighted by Gasteiger charge is 2.61. The van der Waals surface area contributed by atoms with Crippen molar-refractivity contribution in [3.8, 4) is 0 Å². The molecule has 4 aliphatic carbocycles. The third kappa shape index (κ3) is 3.85. The van der Waals surface area contributed by atoms with Crippen molar-refractivity contribution in [2.45, 2.75) is 89.8 Å². The van der Waals surface area contributed by atoms with Crippen molar-refractivity contribution < 1.29 is 27.8 Å². The number of hydrogen-bond acceptors (Lipinski definition) is 3. The molecule has 0 aliphatic heterocycles. The van der Waals surface area contributed by atoms with Crippen LogP contribution in [-0.4, -0.2) is 35.9 Å². The summed E-state index contributed by atoms with van der Waals surface area (Å²) in [5, 5.41) is 11.1. The van der Waals surface area contributed by atoms with Gasteiger partial charge in [-0.1, -0.05) is 6.92 Å². The second-order valence-corrected chi connectivity index (χ2v) is 10.9. The lowest BCUT2D eigenvalue weighted by atomic mass is 9.48. The number of rotatable bonds is 5. The fraction of sp³-hybridized carbons (Fsp3) is 0.958. The molecule has 8 atom stereocenters. The number of ketones is 1. The molecule has 4 saturated carbocycles. The lowest BCUT2D eigenvalue weighted by molar-refractivity contribution is -0.182. The summed E-state index contributed by atoms with van der Waals surface area (Å²) < 4.78 is 45.0. The van der Waals surface area contributed by atoms with Crippen LogP contribution in [0.3, 0.4) is 0 Å². The van der Waals surface area contributed by atoms with E-state index in [1.54, 1.807) is 0 Å². The van der Waals surface area contributed by atoms with E-state index in [1.807, 2.05) is 13.8 Å². The molecular formula is C24H37F3O3. The van der Waals surface area contributed by atoms with Gasteiger partial charge in [-0.05, 0) is 106 Å². The Morgan fingerprint density at radius 2 is 1.77 bits per heavy atom. The Morgan fingerprint density at radius 1 is 1.03 bits per heavy atom. The first-order chi connectivity index (χ1) is 14.1. The lowest BCUT2D eigenvalue weighted by Gasteiger charge is -2.57. The fourth-order valence-electron chi connectivity index (χ4n) is 8.22. The summed E-state index contributed by atoms with van der Waals surface area (Å²) in [4.78, 5) is 12.1. The number of alkyl halides is 3. The van der Waals surface area contributed by atoms with Crippen molar-refractivity contribution in [3.63, 3.8) is 0 Å². The zero-order valence-corrected chi connectivity index (χ0v) is 18.3. The molecule has 0 bridgehead atoms. The minimum absolute atomic E-state index is 0.243. The summed E-state index contributed by atoms with van der Waals surface area (Å²) in [5.74, 6) is 0.00629. The molecule has 0 aromatic carbocycles. The van der Waals surface area contributed by atoms with Crippen LogP contribution in [0, 0.1) is 40.9 Å². The molecule has 3 nitrogen and oxygen atoms in total. The molecule has 0 heterocycles. The molecule has 30 heavy (non-hydrogen) atoms. The Hall–Kier alpha value is -0.620. The van der Waals surface area contributed by atoms with E-state index < -0.39 is 28.9 Å². The van der Waals surface area contributed by atoms with E-state index >= 15 is 0 Å². The molecule has 0 unspecified atom stereocenters. The summed E-state index contributed by atoms with van der Waals surface area (Å²) in [6.45, 7) is 5.21. The monoisotopic (exact) mass is 430 g/mol. The second-order valence-electron chi connectivity index (χ2n) is 10.9. The molecule has 0 aromatic heterocycles. The molecule has 6 heteroatoms. The predicted molar refractivity (Wildman–Crippen MR) is 108 cm³/mol. The van der Waals surface area contributed by atoms with Gasteiger partial charge in [0.2, 0.25) is 5.78 Å². The quantitative estimate of drug-likeness (QED) is 0.582. The summed E-state index contributed by atoms with van der Waals surface area (Å²) in [6.07, 6.45) is 3.59. The van der Waals surface area contributed by atoms with Gasteiger partial charge in [0.15, 0.2) is 0 Å². The Labute approximate surface area is 178 Å². The third-order valence-corrected chi connectivity index (χ3v) is 9.62. The highest BCUT2D eigenvalue weighted by Crippen LogP contribution is 2.65. The largest absolute Gasteiger partial charge is 0.450 e. The van der Waals surface area contributed by atoms with Crippen molar-refractivity contribution in [2.24, 2.45) is 40.9 Å². The molecule has 4 aliphatic rings. The molecule has 0 spiro atoms. The molecule has 4 fully saturated rings. The van der Waals surface area contributed by atoms with Crippen molar-refractivity contribution in [3.05, 3.63) is 0 Å². The van der Waals surface area contributed by atoms with E-state index in [9.17, 15) is 23.1 Å². The zero-order valence-electron chi connectivity index (χ0n) is 18.3. The lowest BCUT2D eigenvalue weighted by Crippen LogP contribution is -2.52. The van der Waals surface area contributed by atoms with Gasteiger partial charge in [-0.25, -0.2) is 0 Å². The molecule has 1 N–H and O–H groups in total. The second kappa shape index (κ2) is 8.06. The Bertz CT molecular complexity index is 650. The number of halogens is 3. The van der Waals surface area contributed by atoms with Gasteiger partial charge < -0.3 is 9.84 Å². The fourth-order valence-corrected chi connectivity index (χ4v) is 8.22. The van der Waals surface area contributed by atoms with Crippen LogP contribution in [0.1, 0.15) is 78.1 Å². The third-order valence-electron chi connectivity index (χ3n) is 9.62. The summed E-state index contributed by atoms with van der Waals surface area (Å²) in [6, 6.07) is 0. The number of Topliss-reactive ketones (excluding diaryl/α,β-unsaturated/α-hetero) is 1. The number of ether oxygens (including phenoxy) is 1. The van der Waals surface area contributed by atoms with Crippen LogP contribution in [0.25, 0.3) is 0 Å². The molecule has 0 saturated heterocycles. The Kier molecular flexibility index (Phi) is 6.06. The van der Waals surface area contributed by atoms with Gasteiger partial charge in [0.05, 0.1) is 5.60 Å². The average molecular weight is 431 g/mol.